The molecular weight excluding hydrogens is 195 g/mol. The van der Waals surface area contributed by atoms with E-state index in [2.05, 4.69) is 4.52 Å². The lowest BCUT2D eigenvalue weighted by Crippen LogP contribution is -2.34. The second kappa shape index (κ2) is 5.62. The lowest BCUT2D eigenvalue weighted by atomic mass is 9.88. The summed E-state index contributed by atoms with van der Waals surface area (Å²) in [6.07, 6.45) is -0.664. The Bertz CT molecular complexity index is 161. The Hall–Kier alpha value is -0.0600. The van der Waals surface area contributed by atoms with Gasteiger partial charge in [-0.25, -0.2) is 0 Å². The molecule has 0 aromatic carbocycles. The molecule has 78 valence electrons. The minimum atomic E-state index is -1.90. The quantitative estimate of drug-likeness (QED) is 0.492. The first-order valence-corrected chi connectivity index (χ1v) is 4.86. The zero-order valence-electron chi connectivity index (χ0n) is 7.93. The third kappa shape index (κ3) is 4.64. The van der Waals surface area contributed by atoms with Gasteiger partial charge >= 0.3 is 8.60 Å². The lowest BCUT2D eigenvalue weighted by molar-refractivity contribution is -0.121. The molecule has 0 aromatic rings. The summed E-state index contributed by atoms with van der Waals surface area (Å²) in [6, 6.07) is 0. The first-order valence-electron chi connectivity index (χ1n) is 3.73. The van der Waals surface area contributed by atoms with Crippen molar-refractivity contribution in [1.29, 1.82) is 0 Å². The third-order valence-electron chi connectivity index (χ3n) is 1.63. The maximum Gasteiger partial charge on any atom is 0.329 e. The molecule has 0 aliphatic rings. The predicted octanol–water partition coefficient (Wildman–Crippen LogP) is 0.455. The molecule has 0 amide bonds. The van der Waals surface area contributed by atoms with Crippen LogP contribution in [0.2, 0.25) is 0 Å². The van der Waals surface area contributed by atoms with Gasteiger partial charge in [0, 0.05) is 12.5 Å². The average molecular weight is 210 g/mol. The normalized spacial score (nSPS) is 16.7. The fourth-order valence-electron chi connectivity index (χ4n) is 0.544. The summed E-state index contributed by atoms with van der Waals surface area (Å²) in [7, 11) is -0.585. The van der Waals surface area contributed by atoms with E-state index in [0.29, 0.717) is 6.29 Å². The van der Waals surface area contributed by atoms with Gasteiger partial charge in [0.25, 0.3) is 0 Å². The Morgan fingerprint density at radius 3 is 2.54 bits per heavy atom. The monoisotopic (exact) mass is 210 g/mol. The van der Waals surface area contributed by atoms with Crippen molar-refractivity contribution in [2.24, 2.45) is 5.41 Å². The summed E-state index contributed by atoms with van der Waals surface area (Å²) in [5.41, 5.74) is -0.719. The Labute approximate surface area is 78.7 Å². The number of aliphatic hydroxyl groups is 1. The molecule has 13 heavy (non-hydrogen) atoms. The maximum atomic E-state index is 10.3. The third-order valence-corrected chi connectivity index (χ3v) is 2.30. The van der Waals surface area contributed by atoms with E-state index in [-0.39, 0.29) is 6.61 Å². The minimum Gasteiger partial charge on any atom is -0.385 e. The predicted molar refractivity (Wildman–Crippen MR) is 48.0 cm³/mol. The van der Waals surface area contributed by atoms with Crippen LogP contribution in [0.3, 0.4) is 0 Å². The zero-order chi connectivity index (χ0) is 10.5. The van der Waals surface area contributed by atoms with Crippen LogP contribution in [0.5, 0.6) is 0 Å². The van der Waals surface area contributed by atoms with E-state index < -0.39 is 20.1 Å². The standard InChI is InChI=1S/C7H15O5P/c1-7(2,6(9)4-8)5-12-13(10)11-3/h4,6,9-10H,5H2,1-3H3. The summed E-state index contributed by atoms with van der Waals surface area (Å²) < 4.78 is 9.35. The van der Waals surface area contributed by atoms with Crippen LogP contribution in [0.15, 0.2) is 0 Å². The van der Waals surface area contributed by atoms with Crippen molar-refractivity contribution >= 4 is 14.9 Å². The van der Waals surface area contributed by atoms with E-state index in [9.17, 15) is 9.90 Å². The second-order valence-corrected chi connectivity index (χ2v) is 4.36. The molecule has 0 rings (SSSR count). The molecule has 0 heterocycles. The van der Waals surface area contributed by atoms with Gasteiger partial charge in [0.15, 0.2) is 0 Å². The van der Waals surface area contributed by atoms with Gasteiger partial charge < -0.3 is 23.8 Å². The Morgan fingerprint density at radius 1 is 1.62 bits per heavy atom. The molecule has 0 aliphatic heterocycles. The lowest BCUT2D eigenvalue weighted by Gasteiger charge is -2.26. The van der Waals surface area contributed by atoms with Crippen molar-refractivity contribution in [3.05, 3.63) is 0 Å². The highest BCUT2D eigenvalue weighted by Gasteiger charge is 2.29. The van der Waals surface area contributed by atoms with E-state index in [4.69, 9.17) is 9.42 Å². The first kappa shape index (κ1) is 12.9. The number of aliphatic hydroxyl groups excluding tert-OH is 1. The number of rotatable bonds is 6. The molecule has 0 radical (unpaired) electrons. The van der Waals surface area contributed by atoms with Crippen molar-refractivity contribution in [3.63, 3.8) is 0 Å². The van der Waals surface area contributed by atoms with E-state index in [0.717, 1.165) is 0 Å². The molecule has 0 saturated carbocycles. The van der Waals surface area contributed by atoms with E-state index in [1.165, 1.54) is 7.11 Å². The fraction of sp³-hybridized carbons (Fsp3) is 0.857. The number of hydrogen-bond donors (Lipinski definition) is 2. The molecule has 2 unspecified atom stereocenters. The van der Waals surface area contributed by atoms with Crippen molar-refractivity contribution in [3.8, 4) is 0 Å². The molecular formula is C7H15O5P. The van der Waals surface area contributed by atoms with Gasteiger partial charge in [-0.05, 0) is 0 Å². The minimum absolute atomic E-state index is 0.0585. The molecule has 0 bridgehead atoms. The topological polar surface area (TPSA) is 76.0 Å². The van der Waals surface area contributed by atoms with Crippen LogP contribution < -0.4 is 0 Å². The largest absolute Gasteiger partial charge is 0.385 e. The van der Waals surface area contributed by atoms with Crippen LogP contribution in [0, 0.1) is 5.41 Å². The van der Waals surface area contributed by atoms with Gasteiger partial charge in [0.05, 0.1) is 6.61 Å². The zero-order valence-corrected chi connectivity index (χ0v) is 8.82. The van der Waals surface area contributed by atoms with Crippen molar-refractivity contribution < 1.29 is 23.8 Å². The van der Waals surface area contributed by atoms with E-state index in [1.807, 2.05) is 0 Å². The van der Waals surface area contributed by atoms with Gasteiger partial charge in [0.2, 0.25) is 0 Å². The Morgan fingerprint density at radius 2 is 2.15 bits per heavy atom. The van der Waals surface area contributed by atoms with E-state index >= 15 is 0 Å². The molecule has 5 nitrogen and oxygen atoms in total. The molecule has 0 fully saturated rings. The van der Waals surface area contributed by atoms with E-state index in [1.54, 1.807) is 13.8 Å². The number of hydrogen-bond acceptors (Lipinski definition) is 5. The molecule has 6 heteroatoms. The highest BCUT2D eigenvalue weighted by molar-refractivity contribution is 7.40. The highest BCUT2D eigenvalue weighted by atomic mass is 31.2. The van der Waals surface area contributed by atoms with Crippen molar-refractivity contribution in [2.45, 2.75) is 20.0 Å². The van der Waals surface area contributed by atoms with Crippen LogP contribution in [0.1, 0.15) is 13.8 Å². The first-order chi connectivity index (χ1) is 5.94. The van der Waals surface area contributed by atoms with Gasteiger partial charge in [0.1, 0.15) is 12.4 Å². The highest BCUT2D eigenvalue weighted by Crippen LogP contribution is 2.34. The molecule has 0 aliphatic carbocycles. The van der Waals surface area contributed by atoms with Gasteiger partial charge in [-0.15, -0.1) is 0 Å². The molecule has 0 aromatic heterocycles. The SMILES string of the molecule is COP(O)OCC(C)(C)C(O)C=O. The molecule has 0 spiro atoms. The summed E-state index contributed by atoms with van der Waals surface area (Å²) in [4.78, 5) is 19.2. The molecule has 2 N–H and O–H groups in total. The molecule has 0 saturated heterocycles. The maximum absolute atomic E-state index is 10.3. The van der Waals surface area contributed by atoms with Gasteiger partial charge in [-0.2, -0.15) is 0 Å². The summed E-state index contributed by atoms with van der Waals surface area (Å²) in [6.45, 7) is 3.37. The summed E-state index contributed by atoms with van der Waals surface area (Å²) >= 11 is 0. The Kier molecular flexibility index (Phi) is 5.60. The number of carbonyl (C=O) groups is 1. The van der Waals surface area contributed by atoms with Crippen molar-refractivity contribution in [1.82, 2.24) is 0 Å². The van der Waals surface area contributed by atoms with Crippen LogP contribution in [0.4, 0.5) is 0 Å². The smallest absolute Gasteiger partial charge is 0.329 e. The van der Waals surface area contributed by atoms with Crippen LogP contribution in [-0.2, 0) is 13.8 Å². The van der Waals surface area contributed by atoms with Crippen LogP contribution in [0.25, 0.3) is 0 Å². The van der Waals surface area contributed by atoms with Crippen molar-refractivity contribution in [2.75, 3.05) is 13.7 Å². The second-order valence-electron chi connectivity index (χ2n) is 3.26. The number of carbonyl (C=O) groups excluding carboxylic acids is 1. The average Bonchev–Trinajstić information content (AvgIpc) is 2.12. The summed E-state index contributed by atoms with van der Waals surface area (Å²) in [5.74, 6) is 0. The van der Waals surface area contributed by atoms with Gasteiger partial charge in [-0.3, -0.25) is 0 Å². The van der Waals surface area contributed by atoms with Crippen LogP contribution >= 0.6 is 8.60 Å². The fourth-order valence-corrected chi connectivity index (χ4v) is 1.09. The van der Waals surface area contributed by atoms with Crippen LogP contribution in [-0.4, -0.2) is 36.1 Å². The summed E-state index contributed by atoms with van der Waals surface area (Å²) in [5, 5.41) is 9.21. The molecule has 2 atom stereocenters. The Balaban J connectivity index is 3.94. The van der Waals surface area contributed by atoms with Gasteiger partial charge in [-0.1, -0.05) is 13.8 Å². The number of aldehydes is 1.